The number of carbonyl (C=O) groups excluding carboxylic acids is 1. The molecule has 0 aliphatic carbocycles. The zero-order chi connectivity index (χ0) is 13.8. The molecule has 5 heteroatoms. The maximum atomic E-state index is 11.9. The molecule has 20 heavy (non-hydrogen) atoms. The Morgan fingerprint density at radius 3 is 3.15 bits per heavy atom. The summed E-state index contributed by atoms with van der Waals surface area (Å²) in [6.45, 7) is 0.686. The van der Waals surface area contributed by atoms with Crippen molar-refractivity contribution >= 4 is 28.3 Å². The molecule has 0 saturated carbocycles. The number of hydrogen-bond acceptors (Lipinski definition) is 3. The van der Waals surface area contributed by atoms with Crippen LogP contribution in [0.3, 0.4) is 0 Å². The number of rotatable bonds is 5. The number of nitrogens with one attached hydrogen (secondary N) is 2. The molecule has 0 radical (unpaired) electrons. The smallest absolute Gasteiger partial charge is 0.224 e. The highest BCUT2D eigenvalue weighted by Gasteiger charge is 2.05. The molecule has 0 bridgehead atoms. The summed E-state index contributed by atoms with van der Waals surface area (Å²) in [6, 6.07) is 9.97. The van der Waals surface area contributed by atoms with E-state index in [0.717, 1.165) is 23.0 Å². The monoisotopic (exact) mass is 285 g/mol. The highest BCUT2D eigenvalue weighted by Crippen LogP contribution is 2.12. The number of nitrogens with zero attached hydrogens (tertiary/aromatic N) is 1. The van der Waals surface area contributed by atoms with Crippen LogP contribution in [0.15, 0.2) is 42.0 Å². The Morgan fingerprint density at radius 2 is 2.30 bits per heavy atom. The van der Waals surface area contributed by atoms with E-state index in [-0.39, 0.29) is 5.91 Å². The number of amides is 1. The zero-order valence-electron chi connectivity index (χ0n) is 10.9. The van der Waals surface area contributed by atoms with Gasteiger partial charge < -0.3 is 10.3 Å². The van der Waals surface area contributed by atoms with Crippen LogP contribution in [0.25, 0.3) is 11.0 Å². The Kier molecular flexibility index (Phi) is 3.78. The molecule has 1 amide bonds. The van der Waals surface area contributed by atoms with E-state index in [9.17, 15) is 4.79 Å². The third kappa shape index (κ3) is 3.05. The molecule has 3 aromatic rings. The molecule has 0 aliphatic heterocycles. The minimum absolute atomic E-state index is 0.0559. The van der Waals surface area contributed by atoms with Gasteiger partial charge in [-0.05, 0) is 35.6 Å². The van der Waals surface area contributed by atoms with Crippen LogP contribution in [0.5, 0.6) is 0 Å². The average molecular weight is 285 g/mol. The van der Waals surface area contributed by atoms with Crippen molar-refractivity contribution in [3.05, 3.63) is 52.5 Å². The Labute approximate surface area is 120 Å². The summed E-state index contributed by atoms with van der Waals surface area (Å²) in [5.74, 6) is 0.0559. The van der Waals surface area contributed by atoms with E-state index in [2.05, 4.69) is 26.7 Å². The molecule has 0 aliphatic rings. The summed E-state index contributed by atoms with van der Waals surface area (Å²) in [4.78, 5) is 20.4. The first-order valence-corrected chi connectivity index (χ1v) is 7.40. The molecule has 2 aromatic heterocycles. The van der Waals surface area contributed by atoms with E-state index in [1.807, 2.05) is 24.3 Å². The lowest BCUT2D eigenvalue weighted by Crippen LogP contribution is -2.27. The summed E-state index contributed by atoms with van der Waals surface area (Å²) >= 11 is 1.72. The van der Waals surface area contributed by atoms with Gasteiger partial charge in [-0.25, -0.2) is 4.98 Å². The van der Waals surface area contributed by atoms with Gasteiger partial charge in [0.15, 0.2) is 0 Å². The van der Waals surface area contributed by atoms with Gasteiger partial charge in [-0.3, -0.25) is 4.79 Å². The summed E-state index contributed by atoms with van der Waals surface area (Å²) < 4.78 is 0. The second kappa shape index (κ2) is 5.88. The highest BCUT2D eigenvalue weighted by atomic mass is 32.1. The molecule has 0 saturated heterocycles. The molecule has 0 fully saturated rings. The van der Waals surface area contributed by atoms with E-state index < -0.39 is 0 Å². The SMILES string of the molecule is O=C(Cc1ccc2nc[nH]c2c1)NCCc1cccs1. The third-order valence-corrected chi connectivity index (χ3v) is 4.06. The first-order chi connectivity index (χ1) is 9.81. The quantitative estimate of drug-likeness (QED) is 0.757. The van der Waals surface area contributed by atoms with Crippen molar-refractivity contribution in [1.29, 1.82) is 0 Å². The normalized spacial score (nSPS) is 10.8. The van der Waals surface area contributed by atoms with Crippen LogP contribution in [0.1, 0.15) is 10.4 Å². The number of benzene rings is 1. The molecule has 4 nitrogen and oxygen atoms in total. The number of carbonyl (C=O) groups is 1. The van der Waals surface area contributed by atoms with Gasteiger partial charge >= 0.3 is 0 Å². The molecule has 102 valence electrons. The van der Waals surface area contributed by atoms with Gasteiger partial charge in [-0.15, -0.1) is 11.3 Å². The lowest BCUT2D eigenvalue weighted by molar-refractivity contribution is -0.120. The minimum atomic E-state index is 0.0559. The van der Waals surface area contributed by atoms with Gasteiger partial charge in [0.1, 0.15) is 0 Å². The number of thiophene rings is 1. The molecular formula is C15H15N3OS. The number of fused-ring (bicyclic) bond motifs is 1. The predicted octanol–water partition coefficient (Wildman–Crippen LogP) is 2.53. The largest absolute Gasteiger partial charge is 0.355 e. The predicted molar refractivity (Wildman–Crippen MR) is 80.8 cm³/mol. The number of hydrogen-bond donors (Lipinski definition) is 2. The van der Waals surface area contributed by atoms with Gasteiger partial charge in [0.25, 0.3) is 0 Å². The fraction of sp³-hybridized carbons (Fsp3) is 0.200. The van der Waals surface area contributed by atoms with Crippen LogP contribution in [-0.4, -0.2) is 22.4 Å². The summed E-state index contributed by atoms with van der Waals surface area (Å²) in [6.07, 6.45) is 2.96. The van der Waals surface area contributed by atoms with E-state index in [0.29, 0.717) is 13.0 Å². The van der Waals surface area contributed by atoms with Gasteiger partial charge in [-0.1, -0.05) is 12.1 Å². The molecule has 0 unspecified atom stereocenters. The first kappa shape index (κ1) is 12.9. The number of aromatic nitrogens is 2. The van der Waals surface area contributed by atoms with Crippen molar-refractivity contribution in [1.82, 2.24) is 15.3 Å². The minimum Gasteiger partial charge on any atom is -0.355 e. The van der Waals surface area contributed by atoms with Gasteiger partial charge in [0.2, 0.25) is 5.91 Å². The molecule has 2 N–H and O–H groups in total. The van der Waals surface area contributed by atoms with Gasteiger partial charge in [0.05, 0.1) is 23.8 Å². The van der Waals surface area contributed by atoms with Crippen LogP contribution in [0, 0.1) is 0 Å². The van der Waals surface area contributed by atoms with Crippen molar-refractivity contribution in [3.63, 3.8) is 0 Å². The Hall–Kier alpha value is -2.14. The van der Waals surface area contributed by atoms with E-state index in [1.54, 1.807) is 17.7 Å². The summed E-state index contributed by atoms with van der Waals surface area (Å²) in [5, 5.41) is 5.01. The lowest BCUT2D eigenvalue weighted by Gasteiger charge is -2.04. The number of imidazole rings is 1. The zero-order valence-corrected chi connectivity index (χ0v) is 11.7. The molecule has 0 spiro atoms. The Morgan fingerprint density at radius 1 is 1.35 bits per heavy atom. The highest BCUT2D eigenvalue weighted by molar-refractivity contribution is 7.09. The number of H-pyrrole nitrogens is 1. The Balaban J connectivity index is 1.52. The first-order valence-electron chi connectivity index (χ1n) is 6.52. The lowest BCUT2D eigenvalue weighted by atomic mass is 10.1. The van der Waals surface area contributed by atoms with Gasteiger partial charge in [-0.2, -0.15) is 0 Å². The van der Waals surface area contributed by atoms with Crippen molar-refractivity contribution in [3.8, 4) is 0 Å². The Bertz CT molecular complexity index is 703. The molecule has 1 aromatic carbocycles. The van der Waals surface area contributed by atoms with Crippen LogP contribution >= 0.6 is 11.3 Å². The van der Waals surface area contributed by atoms with E-state index in [1.165, 1.54) is 4.88 Å². The summed E-state index contributed by atoms with van der Waals surface area (Å²) in [5.41, 5.74) is 2.89. The van der Waals surface area contributed by atoms with Crippen LogP contribution in [0.2, 0.25) is 0 Å². The van der Waals surface area contributed by atoms with E-state index in [4.69, 9.17) is 0 Å². The second-order valence-electron chi connectivity index (χ2n) is 4.61. The molecule has 2 heterocycles. The van der Waals surface area contributed by atoms with Crippen molar-refractivity contribution in [2.75, 3.05) is 6.54 Å². The topological polar surface area (TPSA) is 57.8 Å². The van der Waals surface area contributed by atoms with Crippen molar-refractivity contribution in [2.24, 2.45) is 0 Å². The van der Waals surface area contributed by atoms with Crippen molar-refractivity contribution in [2.45, 2.75) is 12.8 Å². The van der Waals surface area contributed by atoms with Crippen molar-refractivity contribution < 1.29 is 4.79 Å². The number of aromatic amines is 1. The van der Waals surface area contributed by atoms with Crippen LogP contribution < -0.4 is 5.32 Å². The van der Waals surface area contributed by atoms with Crippen LogP contribution in [0.4, 0.5) is 0 Å². The molecular weight excluding hydrogens is 270 g/mol. The second-order valence-corrected chi connectivity index (χ2v) is 5.64. The molecule has 0 atom stereocenters. The maximum Gasteiger partial charge on any atom is 0.224 e. The fourth-order valence-electron chi connectivity index (χ4n) is 2.12. The van der Waals surface area contributed by atoms with Crippen LogP contribution in [-0.2, 0) is 17.6 Å². The fourth-order valence-corrected chi connectivity index (χ4v) is 2.83. The van der Waals surface area contributed by atoms with Gasteiger partial charge in [0, 0.05) is 11.4 Å². The molecule has 3 rings (SSSR count). The summed E-state index contributed by atoms with van der Waals surface area (Å²) in [7, 11) is 0. The third-order valence-electron chi connectivity index (χ3n) is 3.12. The van der Waals surface area contributed by atoms with E-state index >= 15 is 0 Å². The average Bonchev–Trinajstić information content (AvgIpc) is 3.08. The maximum absolute atomic E-state index is 11.9. The standard InChI is InChI=1S/C15H15N3OS/c19-15(16-6-5-12-2-1-7-20-12)9-11-3-4-13-14(8-11)18-10-17-13/h1-4,7-8,10H,5-6,9H2,(H,16,19)(H,17,18).